The minimum absolute atomic E-state index is 0.0387. The van der Waals surface area contributed by atoms with Gasteiger partial charge in [0.25, 0.3) is 5.60 Å². The summed E-state index contributed by atoms with van der Waals surface area (Å²) in [6.45, 7) is -1.51. The number of hydrogen-bond donors (Lipinski definition) is 0. The van der Waals surface area contributed by atoms with Crippen molar-refractivity contribution >= 4 is 21.5 Å². The van der Waals surface area contributed by atoms with Crippen molar-refractivity contribution in [1.82, 2.24) is 4.90 Å². The minimum atomic E-state index is -6.21. The first kappa shape index (κ1) is 38.3. The summed E-state index contributed by atoms with van der Waals surface area (Å²) in [5.41, 5.74) is -7.93. The molecule has 6 nitrogen and oxygen atoms in total. The van der Waals surface area contributed by atoms with Gasteiger partial charge in [-0.2, -0.15) is 26.3 Å². The third-order valence-corrected chi connectivity index (χ3v) is 12.5. The van der Waals surface area contributed by atoms with Crippen LogP contribution in [0.1, 0.15) is 55.2 Å². The molecule has 16 heteroatoms. The molecule has 276 valence electrons. The Hall–Kier alpha value is -3.92. The van der Waals surface area contributed by atoms with E-state index in [2.05, 4.69) is 4.74 Å². The number of benzene rings is 3. The first-order chi connectivity index (χ1) is 23.7. The minimum Gasteiger partial charge on any atom is -0.349 e. The van der Waals surface area contributed by atoms with Gasteiger partial charge in [-0.05, 0) is 73.6 Å². The monoisotopic (exact) mass is 749 g/mol. The molecular weight excluding hydrogens is 717 g/mol. The molecule has 1 atom stereocenters. The number of nitrogens with zero attached hydrogens (tertiary/aromatic N) is 1. The molecule has 1 aliphatic heterocycles. The van der Waals surface area contributed by atoms with Crippen LogP contribution in [-0.4, -0.2) is 51.0 Å². The lowest BCUT2D eigenvalue weighted by Crippen LogP contribution is -2.56. The van der Waals surface area contributed by atoms with Crippen LogP contribution in [0.15, 0.2) is 71.6 Å². The van der Waals surface area contributed by atoms with Crippen LogP contribution in [0.4, 0.5) is 39.5 Å². The van der Waals surface area contributed by atoms with Gasteiger partial charge in [0.2, 0.25) is 5.91 Å². The third kappa shape index (κ3) is 7.00. The fraction of sp³-hybridized carbons (Fsp3) is 0.429. The van der Waals surface area contributed by atoms with Crippen molar-refractivity contribution in [2.45, 2.75) is 72.7 Å². The number of likely N-dealkylation sites (tertiary alicyclic amines) is 1. The number of alkyl halides is 6. The molecule has 1 amide bonds. The highest BCUT2D eigenvalue weighted by Gasteiger charge is 2.73. The zero-order chi connectivity index (χ0) is 37.6. The van der Waals surface area contributed by atoms with Crippen molar-refractivity contribution in [1.29, 1.82) is 0 Å². The summed E-state index contributed by atoms with van der Waals surface area (Å²) in [4.78, 5) is 26.0. The molecule has 0 N–H and O–H groups in total. The second-order valence-corrected chi connectivity index (χ2v) is 15.2. The lowest BCUT2D eigenvalue weighted by molar-refractivity contribution is -0.392. The van der Waals surface area contributed by atoms with Crippen molar-refractivity contribution in [2.24, 2.45) is 11.8 Å². The number of Topliss-reactive ketones (excluding diaryl/α,β-unsaturated/α-hetero) is 1. The summed E-state index contributed by atoms with van der Waals surface area (Å²) < 4.78 is 160. The Morgan fingerprint density at radius 2 is 1.41 bits per heavy atom. The number of amides is 1. The highest BCUT2D eigenvalue weighted by Crippen LogP contribution is 2.55. The highest BCUT2D eigenvalue weighted by molar-refractivity contribution is 7.92. The largest absolute Gasteiger partial charge is 0.430 e. The summed E-state index contributed by atoms with van der Waals surface area (Å²) in [6.07, 6.45) is -12.5. The van der Waals surface area contributed by atoms with Gasteiger partial charge in [-0.3, -0.25) is 9.59 Å². The van der Waals surface area contributed by atoms with Gasteiger partial charge in [0.15, 0.2) is 9.84 Å². The first-order valence-corrected chi connectivity index (χ1v) is 17.3. The number of rotatable bonds is 10. The van der Waals surface area contributed by atoms with E-state index >= 15 is 0 Å². The quantitative estimate of drug-likeness (QED) is 0.155. The second kappa shape index (κ2) is 13.9. The molecule has 2 aliphatic rings. The standard InChI is InChI=1S/C35H32F9NO5S/c1-45-19-22(18-31(45)47)30(46)17-21-13-15-32(16-14-21,51(48,49)26-11-9-25(36)10-12-26)23-5-7-24(8-6-23)33(34(39,40)41,35(42,43)44)50-20-27-28(37)3-2-4-29(27)38/h2-12,21-22H,13-20H2,1H3. The molecule has 1 unspecified atom stereocenters. The molecule has 3 aromatic carbocycles. The fourth-order valence-electron chi connectivity index (χ4n) is 7.02. The molecule has 1 heterocycles. The van der Waals surface area contributed by atoms with Crippen molar-refractivity contribution in [3.63, 3.8) is 0 Å². The number of ether oxygens (including phenoxy) is 1. The number of halogens is 9. The Morgan fingerprint density at radius 1 is 0.863 bits per heavy atom. The average Bonchev–Trinajstić information content (AvgIpc) is 3.39. The predicted molar refractivity (Wildman–Crippen MR) is 164 cm³/mol. The number of ketones is 1. The molecule has 2 fully saturated rings. The maximum absolute atomic E-state index is 14.5. The topological polar surface area (TPSA) is 80.8 Å². The number of carbonyl (C=O) groups is 2. The number of sulfone groups is 1. The molecule has 0 spiro atoms. The second-order valence-electron chi connectivity index (χ2n) is 13.0. The highest BCUT2D eigenvalue weighted by atomic mass is 32.2. The van der Waals surface area contributed by atoms with E-state index in [1.807, 2.05) is 0 Å². The van der Waals surface area contributed by atoms with E-state index in [9.17, 15) is 57.5 Å². The van der Waals surface area contributed by atoms with E-state index in [-0.39, 0.29) is 73.1 Å². The number of hydrogen-bond acceptors (Lipinski definition) is 5. The summed E-state index contributed by atoms with van der Waals surface area (Å²) >= 11 is 0. The Labute approximate surface area is 287 Å². The first-order valence-electron chi connectivity index (χ1n) is 15.8. The van der Waals surface area contributed by atoms with Gasteiger partial charge < -0.3 is 9.64 Å². The smallest absolute Gasteiger partial charge is 0.349 e. The van der Waals surface area contributed by atoms with Crippen LogP contribution in [0, 0.1) is 29.3 Å². The van der Waals surface area contributed by atoms with Crippen molar-refractivity contribution in [3.05, 3.63) is 101 Å². The maximum Gasteiger partial charge on any atom is 0.430 e. The average molecular weight is 750 g/mol. The lowest BCUT2D eigenvalue weighted by Gasteiger charge is -2.41. The van der Waals surface area contributed by atoms with E-state index in [0.717, 1.165) is 42.5 Å². The Bertz CT molecular complexity index is 1830. The van der Waals surface area contributed by atoms with Gasteiger partial charge >= 0.3 is 12.4 Å². The number of carbonyl (C=O) groups excluding carboxylic acids is 2. The Kier molecular flexibility index (Phi) is 10.4. The van der Waals surface area contributed by atoms with Crippen molar-refractivity contribution in [3.8, 4) is 0 Å². The molecule has 1 aliphatic carbocycles. The normalized spacial score (nSPS) is 22.0. The molecule has 0 bridgehead atoms. The molecule has 3 aromatic rings. The van der Waals surface area contributed by atoms with Crippen LogP contribution in [0.3, 0.4) is 0 Å². The molecule has 1 saturated carbocycles. The van der Waals surface area contributed by atoms with Crippen LogP contribution < -0.4 is 0 Å². The van der Waals surface area contributed by atoms with Crippen LogP contribution in [0.5, 0.6) is 0 Å². The lowest BCUT2D eigenvalue weighted by atomic mass is 9.75. The van der Waals surface area contributed by atoms with Crippen LogP contribution in [0.2, 0.25) is 0 Å². The zero-order valence-electron chi connectivity index (χ0n) is 27.0. The Morgan fingerprint density at radius 3 is 1.90 bits per heavy atom. The molecule has 51 heavy (non-hydrogen) atoms. The SMILES string of the molecule is CN1CC(C(=O)CC2CCC(c3ccc(C(OCc4c(F)cccc4F)(C(F)(F)F)C(F)(F)F)cc3)(S(=O)(=O)c3ccc(F)cc3)CC2)CC1=O. The van der Waals surface area contributed by atoms with Gasteiger partial charge in [0.1, 0.15) is 28.0 Å². The zero-order valence-corrected chi connectivity index (χ0v) is 27.8. The van der Waals surface area contributed by atoms with Gasteiger partial charge in [0.05, 0.1) is 11.5 Å². The van der Waals surface area contributed by atoms with E-state index in [0.29, 0.717) is 24.3 Å². The van der Waals surface area contributed by atoms with E-state index in [4.69, 9.17) is 0 Å². The summed E-state index contributed by atoms with van der Waals surface area (Å²) in [5.74, 6) is -4.84. The van der Waals surface area contributed by atoms with Gasteiger partial charge in [-0.25, -0.2) is 21.6 Å². The molecule has 5 rings (SSSR count). The van der Waals surface area contributed by atoms with Gasteiger partial charge in [-0.1, -0.05) is 30.3 Å². The Balaban J connectivity index is 1.52. The molecular formula is C35H32F9NO5S. The van der Waals surface area contributed by atoms with E-state index in [1.54, 1.807) is 7.05 Å². The maximum atomic E-state index is 14.5. The van der Waals surface area contributed by atoms with E-state index < -0.39 is 73.6 Å². The summed E-state index contributed by atoms with van der Waals surface area (Å²) in [6, 6.07) is 8.37. The van der Waals surface area contributed by atoms with Crippen molar-refractivity contribution in [2.75, 3.05) is 13.6 Å². The third-order valence-electron chi connectivity index (χ3n) is 9.95. The van der Waals surface area contributed by atoms with Gasteiger partial charge in [0, 0.05) is 43.5 Å². The summed E-state index contributed by atoms with van der Waals surface area (Å²) in [7, 11) is -2.93. The molecule has 0 radical (unpaired) electrons. The van der Waals surface area contributed by atoms with Crippen molar-refractivity contribution < 1.29 is 62.3 Å². The van der Waals surface area contributed by atoms with Crippen LogP contribution >= 0.6 is 0 Å². The molecule has 1 saturated heterocycles. The fourth-order valence-corrected chi connectivity index (χ4v) is 9.19. The van der Waals surface area contributed by atoms with E-state index in [1.165, 1.54) is 4.90 Å². The van der Waals surface area contributed by atoms with Crippen LogP contribution in [-0.2, 0) is 41.1 Å². The van der Waals surface area contributed by atoms with Gasteiger partial charge in [-0.15, -0.1) is 0 Å². The predicted octanol–water partition coefficient (Wildman–Crippen LogP) is 7.94. The van der Waals surface area contributed by atoms with Crippen LogP contribution in [0.25, 0.3) is 0 Å². The summed E-state index contributed by atoms with van der Waals surface area (Å²) in [5, 5.41) is 0. The molecule has 0 aromatic heterocycles.